The monoisotopic (exact) mass is 156 g/mol. The van der Waals surface area contributed by atoms with Gasteiger partial charge in [0, 0.05) is 26.2 Å². The molecule has 0 aromatic heterocycles. The maximum Gasteiger partial charge on any atom is 0.00772 e. The summed E-state index contributed by atoms with van der Waals surface area (Å²) in [6.45, 7) is 4.56. The zero-order valence-corrected chi connectivity index (χ0v) is 7.36. The van der Waals surface area contributed by atoms with Crippen molar-refractivity contribution in [2.24, 2.45) is 0 Å². The minimum Gasteiger partial charge on any atom is -0.314 e. The van der Waals surface area contributed by atoms with Gasteiger partial charge in [0.25, 0.3) is 0 Å². The van der Waals surface area contributed by atoms with Crippen LogP contribution in [0.2, 0.25) is 0 Å². The molecular formula is C9H20N2. The Hall–Kier alpha value is -0.0800. The van der Waals surface area contributed by atoms with Gasteiger partial charge < -0.3 is 10.6 Å². The van der Waals surface area contributed by atoms with Crippen molar-refractivity contribution < 1.29 is 0 Å². The molecule has 0 atom stereocenters. The molecule has 2 nitrogen and oxygen atoms in total. The van der Waals surface area contributed by atoms with Gasteiger partial charge in [0.15, 0.2) is 0 Å². The summed E-state index contributed by atoms with van der Waals surface area (Å²) < 4.78 is 0. The molecule has 1 aliphatic carbocycles. The lowest BCUT2D eigenvalue weighted by Gasteiger charge is -2.11. The van der Waals surface area contributed by atoms with Crippen LogP contribution in [0.1, 0.15) is 32.1 Å². The summed E-state index contributed by atoms with van der Waals surface area (Å²) in [6, 6.07) is 0. The van der Waals surface area contributed by atoms with Gasteiger partial charge in [0.2, 0.25) is 0 Å². The van der Waals surface area contributed by atoms with Gasteiger partial charge in [-0.25, -0.2) is 0 Å². The lowest BCUT2D eigenvalue weighted by Crippen LogP contribution is -2.39. The van der Waals surface area contributed by atoms with Crippen LogP contribution in [0.3, 0.4) is 0 Å². The van der Waals surface area contributed by atoms with Crippen molar-refractivity contribution in [3.8, 4) is 0 Å². The summed E-state index contributed by atoms with van der Waals surface area (Å²) >= 11 is 0. The minimum absolute atomic E-state index is 1.14. The molecule has 2 N–H and O–H groups in total. The van der Waals surface area contributed by atoms with Crippen molar-refractivity contribution >= 4 is 0 Å². The second-order valence-corrected chi connectivity index (χ2v) is 3.27. The predicted molar refractivity (Wildman–Crippen MR) is 48.8 cm³/mol. The highest BCUT2D eigenvalue weighted by Crippen LogP contribution is 2.15. The fourth-order valence-corrected chi connectivity index (χ4v) is 1.49. The Morgan fingerprint density at radius 1 is 0.455 bits per heavy atom. The van der Waals surface area contributed by atoms with E-state index in [1.54, 1.807) is 0 Å². The Morgan fingerprint density at radius 3 is 0.909 bits per heavy atom. The number of piperazine rings is 1. The minimum atomic E-state index is 1.14. The Bertz CT molecular complexity index is 56.5. The van der Waals surface area contributed by atoms with Crippen LogP contribution in [0.25, 0.3) is 0 Å². The largest absolute Gasteiger partial charge is 0.314 e. The van der Waals surface area contributed by atoms with E-state index in [1.165, 1.54) is 32.1 Å². The molecule has 0 aromatic rings. The first-order chi connectivity index (χ1) is 5.50. The molecule has 66 valence electrons. The summed E-state index contributed by atoms with van der Waals surface area (Å²) in [5.74, 6) is 0. The standard InChI is InChI=1S/C5H10.C4H10N2/c1-2-4-5-3-1;1-2-6-4-3-5-1/h1-5H2;5-6H,1-4H2. The molecular weight excluding hydrogens is 136 g/mol. The molecule has 0 amide bonds. The average molecular weight is 156 g/mol. The Labute approximate surface area is 69.8 Å². The maximum atomic E-state index is 3.22. The van der Waals surface area contributed by atoms with Gasteiger partial charge >= 0.3 is 0 Å². The van der Waals surface area contributed by atoms with E-state index in [0.717, 1.165) is 26.2 Å². The molecule has 1 saturated carbocycles. The molecule has 0 bridgehead atoms. The third-order valence-corrected chi connectivity index (χ3v) is 2.21. The molecule has 1 aliphatic heterocycles. The molecule has 2 fully saturated rings. The van der Waals surface area contributed by atoms with Gasteiger partial charge in [-0.15, -0.1) is 0 Å². The molecule has 0 spiro atoms. The van der Waals surface area contributed by atoms with Crippen molar-refractivity contribution in [2.75, 3.05) is 26.2 Å². The highest BCUT2D eigenvalue weighted by molar-refractivity contribution is 4.59. The zero-order chi connectivity index (χ0) is 7.78. The third kappa shape index (κ3) is 5.22. The van der Waals surface area contributed by atoms with Gasteiger partial charge in [0.1, 0.15) is 0 Å². The summed E-state index contributed by atoms with van der Waals surface area (Å²) in [7, 11) is 0. The SMILES string of the molecule is C1CCCC1.C1CNCCN1. The van der Waals surface area contributed by atoms with Crippen LogP contribution in [0.4, 0.5) is 0 Å². The van der Waals surface area contributed by atoms with E-state index in [1.807, 2.05) is 0 Å². The Morgan fingerprint density at radius 2 is 0.727 bits per heavy atom. The second kappa shape index (κ2) is 6.62. The quantitative estimate of drug-likeness (QED) is 0.549. The molecule has 2 rings (SSSR count). The fourth-order valence-electron chi connectivity index (χ4n) is 1.49. The number of hydrogen-bond donors (Lipinski definition) is 2. The van der Waals surface area contributed by atoms with E-state index in [2.05, 4.69) is 10.6 Å². The highest BCUT2D eigenvalue weighted by Gasteiger charge is 1.95. The van der Waals surface area contributed by atoms with Crippen LogP contribution in [0.15, 0.2) is 0 Å². The fraction of sp³-hybridized carbons (Fsp3) is 1.00. The Balaban J connectivity index is 0.000000112. The molecule has 0 radical (unpaired) electrons. The average Bonchev–Trinajstić information content (AvgIpc) is 2.64. The van der Waals surface area contributed by atoms with Gasteiger partial charge in [0.05, 0.1) is 0 Å². The van der Waals surface area contributed by atoms with Gasteiger partial charge in [-0.05, 0) is 0 Å². The van der Waals surface area contributed by atoms with Crippen molar-refractivity contribution in [3.05, 3.63) is 0 Å². The zero-order valence-electron chi connectivity index (χ0n) is 7.36. The predicted octanol–water partition coefficient (Wildman–Crippen LogP) is 1.13. The van der Waals surface area contributed by atoms with E-state index in [0.29, 0.717) is 0 Å². The van der Waals surface area contributed by atoms with Crippen LogP contribution in [-0.4, -0.2) is 26.2 Å². The van der Waals surface area contributed by atoms with Crippen LogP contribution in [-0.2, 0) is 0 Å². The van der Waals surface area contributed by atoms with Crippen LogP contribution in [0.5, 0.6) is 0 Å². The van der Waals surface area contributed by atoms with Crippen molar-refractivity contribution in [3.63, 3.8) is 0 Å². The third-order valence-electron chi connectivity index (χ3n) is 2.21. The molecule has 11 heavy (non-hydrogen) atoms. The van der Waals surface area contributed by atoms with Gasteiger partial charge in [-0.1, -0.05) is 32.1 Å². The lowest BCUT2D eigenvalue weighted by molar-refractivity contribution is 0.534. The first-order valence-electron chi connectivity index (χ1n) is 4.91. The van der Waals surface area contributed by atoms with Crippen molar-refractivity contribution in [1.29, 1.82) is 0 Å². The maximum absolute atomic E-state index is 3.22. The molecule has 2 aliphatic rings. The molecule has 1 saturated heterocycles. The molecule has 0 aromatic carbocycles. The van der Waals surface area contributed by atoms with Crippen molar-refractivity contribution in [1.82, 2.24) is 10.6 Å². The highest BCUT2D eigenvalue weighted by atomic mass is 15.0. The number of nitrogens with one attached hydrogen (secondary N) is 2. The smallest absolute Gasteiger partial charge is 0.00772 e. The van der Waals surface area contributed by atoms with Crippen LogP contribution < -0.4 is 10.6 Å². The lowest BCUT2D eigenvalue weighted by atomic mass is 10.4. The molecule has 1 heterocycles. The van der Waals surface area contributed by atoms with Crippen LogP contribution >= 0.6 is 0 Å². The summed E-state index contributed by atoms with van der Waals surface area (Å²) in [4.78, 5) is 0. The van der Waals surface area contributed by atoms with Gasteiger partial charge in [-0.2, -0.15) is 0 Å². The summed E-state index contributed by atoms with van der Waals surface area (Å²) in [5.41, 5.74) is 0. The van der Waals surface area contributed by atoms with Crippen LogP contribution in [0, 0.1) is 0 Å². The summed E-state index contributed by atoms with van der Waals surface area (Å²) in [6.07, 6.45) is 7.50. The van der Waals surface area contributed by atoms with E-state index in [-0.39, 0.29) is 0 Å². The normalized spacial score (nSPS) is 24.0. The summed E-state index contributed by atoms with van der Waals surface area (Å²) in [5, 5.41) is 6.44. The topological polar surface area (TPSA) is 24.1 Å². The first-order valence-corrected chi connectivity index (χ1v) is 4.91. The van der Waals surface area contributed by atoms with E-state index < -0.39 is 0 Å². The first kappa shape index (κ1) is 9.01. The number of hydrogen-bond acceptors (Lipinski definition) is 2. The van der Waals surface area contributed by atoms with E-state index in [4.69, 9.17) is 0 Å². The number of rotatable bonds is 0. The van der Waals surface area contributed by atoms with Gasteiger partial charge in [-0.3, -0.25) is 0 Å². The van der Waals surface area contributed by atoms with Crippen molar-refractivity contribution in [2.45, 2.75) is 32.1 Å². The molecule has 0 unspecified atom stereocenters. The second-order valence-electron chi connectivity index (χ2n) is 3.27. The van der Waals surface area contributed by atoms with E-state index >= 15 is 0 Å². The molecule has 2 heteroatoms. The Kier molecular flexibility index (Phi) is 5.42. The van der Waals surface area contributed by atoms with E-state index in [9.17, 15) is 0 Å².